The van der Waals surface area contributed by atoms with E-state index in [-0.39, 0.29) is 67.8 Å². The van der Waals surface area contributed by atoms with E-state index in [0.29, 0.717) is 58.1 Å². The van der Waals surface area contributed by atoms with Gasteiger partial charge in [-0.3, -0.25) is 8.98 Å². The first-order valence-corrected chi connectivity index (χ1v) is 21.6. The van der Waals surface area contributed by atoms with Gasteiger partial charge in [0, 0.05) is 58.1 Å². The van der Waals surface area contributed by atoms with Crippen LogP contribution in [0.25, 0.3) is 39.0 Å². The largest absolute Gasteiger partial charge is 0.378 e. The maximum absolute atomic E-state index is 15.4. The van der Waals surface area contributed by atoms with Gasteiger partial charge in [-0.15, -0.1) is 0 Å². The van der Waals surface area contributed by atoms with Crippen LogP contribution in [-0.4, -0.2) is 137 Å². The molecule has 7 heterocycles. The Bertz CT molecular complexity index is 2830. The quantitative estimate of drug-likeness (QED) is 0.206. The number of imidazole rings is 1. The van der Waals surface area contributed by atoms with Crippen LogP contribution in [0.5, 0.6) is 0 Å². The number of pyridine rings is 1. The second-order valence-corrected chi connectivity index (χ2v) is 17.8. The zero-order valence-corrected chi connectivity index (χ0v) is 35.4. The second-order valence-electron chi connectivity index (χ2n) is 15.9. The summed E-state index contributed by atoms with van der Waals surface area (Å²) in [7, 11) is 0.966. The lowest BCUT2D eigenvalue weighted by atomic mass is 9.95. The number of aromatic nitrogens is 7. The molecular weight excluding hydrogens is 832 g/mol. The van der Waals surface area contributed by atoms with Crippen LogP contribution in [0.15, 0.2) is 54.7 Å². The molecule has 21 heteroatoms. The highest BCUT2D eigenvalue weighted by Crippen LogP contribution is 2.38. The summed E-state index contributed by atoms with van der Waals surface area (Å²) in [4.78, 5) is 39.5. The Labute approximate surface area is 354 Å². The number of benzene rings is 2. The molecule has 3 aliphatic rings. The Balaban J connectivity index is 1.14. The Kier molecular flexibility index (Phi) is 10.5. The molecule has 1 N–H and O–H groups in total. The number of likely N-dealkylation sites (N-methyl/N-ethyl adjacent to an activating group) is 1. The lowest BCUT2D eigenvalue weighted by molar-refractivity contribution is -0.132. The van der Waals surface area contributed by atoms with Crippen LogP contribution >= 0.6 is 0 Å². The molecule has 3 atom stereocenters. The monoisotopic (exact) mass is 875 g/mol. The van der Waals surface area contributed by atoms with Gasteiger partial charge < -0.3 is 34.1 Å². The minimum absolute atomic E-state index is 0.0665. The van der Waals surface area contributed by atoms with Gasteiger partial charge in [0.05, 0.1) is 66.4 Å². The summed E-state index contributed by atoms with van der Waals surface area (Å²) in [5.41, 5.74) is 1.34. The summed E-state index contributed by atoms with van der Waals surface area (Å²) >= 11 is 0. The SMILES string of the molecule is CCS(=O)(=O)OCC1(OC)CN(c2nc(N3C[C@@H]4C[C@H]3C(=O)N(C)C[C@H](OC)Cn3c(C)nc5cc(F)cc(c53)-c3cccc(n3)N4)c3cnn(-c4ccc(F)cc4F)c3n2)C1. The van der Waals surface area contributed by atoms with Crippen molar-refractivity contribution >= 4 is 55.7 Å². The minimum atomic E-state index is -3.77. The number of hydrogen-bond acceptors (Lipinski definition) is 14. The Morgan fingerprint density at radius 2 is 1.77 bits per heavy atom. The number of ether oxygens (including phenoxy) is 2. The van der Waals surface area contributed by atoms with Gasteiger partial charge in [-0.25, -0.2) is 27.8 Å². The van der Waals surface area contributed by atoms with E-state index < -0.39 is 45.3 Å². The van der Waals surface area contributed by atoms with Crippen molar-refractivity contribution in [1.82, 2.24) is 39.2 Å². The average Bonchev–Trinajstić information content (AvgIpc) is 3.94. The Morgan fingerprint density at radius 1 is 0.968 bits per heavy atom. The van der Waals surface area contributed by atoms with Crippen molar-refractivity contribution in [3.05, 3.63) is 78.0 Å². The number of nitrogens with one attached hydrogen (secondary N) is 1. The van der Waals surface area contributed by atoms with Crippen molar-refractivity contribution in [3.63, 3.8) is 0 Å². The van der Waals surface area contributed by atoms with E-state index in [9.17, 15) is 17.6 Å². The van der Waals surface area contributed by atoms with Crippen molar-refractivity contribution in [3.8, 4) is 16.9 Å². The lowest BCUT2D eigenvalue weighted by Crippen LogP contribution is -2.66. The number of carbonyl (C=O) groups is 1. The fraction of sp³-hybridized carbons (Fsp3) is 0.415. The van der Waals surface area contributed by atoms with Crippen LogP contribution in [0.2, 0.25) is 0 Å². The molecule has 4 aromatic heterocycles. The third kappa shape index (κ3) is 7.45. The fourth-order valence-corrected chi connectivity index (χ4v) is 9.10. The molecule has 0 aliphatic carbocycles. The van der Waals surface area contributed by atoms with Gasteiger partial charge in [0.1, 0.15) is 46.4 Å². The predicted molar refractivity (Wildman–Crippen MR) is 223 cm³/mol. The Morgan fingerprint density at radius 3 is 2.52 bits per heavy atom. The van der Waals surface area contributed by atoms with E-state index in [1.54, 1.807) is 30.0 Å². The summed E-state index contributed by atoms with van der Waals surface area (Å²) in [5, 5.41) is 8.38. The molecule has 0 unspecified atom stereocenters. The van der Waals surface area contributed by atoms with E-state index in [2.05, 4.69) is 15.4 Å². The minimum Gasteiger partial charge on any atom is -0.378 e. The lowest BCUT2D eigenvalue weighted by Gasteiger charge is -2.48. The van der Waals surface area contributed by atoms with Gasteiger partial charge in [0.2, 0.25) is 11.9 Å². The highest BCUT2D eigenvalue weighted by Gasteiger charge is 2.47. The first kappa shape index (κ1) is 41.5. The van der Waals surface area contributed by atoms with Crippen molar-refractivity contribution < 1.29 is 40.0 Å². The zero-order valence-electron chi connectivity index (χ0n) is 34.5. The van der Waals surface area contributed by atoms with Crippen molar-refractivity contribution in [2.45, 2.75) is 50.6 Å². The molecule has 9 rings (SSSR count). The molecule has 326 valence electrons. The first-order chi connectivity index (χ1) is 29.7. The highest BCUT2D eigenvalue weighted by molar-refractivity contribution is 7.86. The van der Waals surface area contributed by atoms with Gasteiger partial charge in [-0.2, -0.15) is 23.5 Å². The number of anilines is 3. The molecule has 1 amide bonds. The summed E-state index contributed by atoms with van der Waals surface area (Å²) < 4.78 is 89.3. The smallest absolute Gasteiger partial charge is 0.267 e. The van der Waals surface area contributed by atoms with Crippen molar-refractivity contribution in [1.29, 1.82) is 0 Å². The summed E-state index contributed by atoms with van der Waals surface area (Å²) in [6.45, 7) is 4.08. The number of carbonyl (C=O) groups excluding carboxylic acids is 1. The summed E-state index contributed by atoms with van der Waals surface area (Å²) in [6, 6.07) is 10.2. The Hall–Kier alpha value is -5.90. The van der Waals surface area contributed by atoms with E-state index >= 15 is 8.78 Å². The van der Waals surface area contributed by atoms with Crippen molar-refractivity contribution in [2.75, 3.05) is 74.9 Å². The number of hydrogen-bond donors (Lipinski definition) is 1. The van der Waals surface area contributed by atoms with E-state index in [4.69, 9.17) is 28.6 Å². The molecule has 2 fully saturated rings. The number of halogens is 3. The number of aryl methyl sites for hydroxylation is 1. The third-order valence-electron chi connectivity index (χ3n) is 11.9. The molecule has 2 aromatic carbocycles. The standard InChI is InChI=1S/C41H44F3N11O6S/c1-6-62(57,58)61-22-41(60-5)20-52(21-41)40-49-37(29-16-45-55(38(29)50-40)33-11-10-24(42)13-30(33)44)54-17-26-15-34(54)39(56)51(3)18-27(59-4)19-53-23(2)46-32-14-25(43)12-28(36(32)53)31-8-7-9-35(47-26)48-31/h7-14,16,26-27,34H,6,15,17-22H2,1-5H3,(H,47,48)/t26-,27-,34-/m0/s1. The zero-order chi connectivity index (χ0) is 43.7. The molecule has 62 heavy (non-hydrogen) atoms. The fourth-order valence-electron chi connectivity index (χ4n) is 8.53. The summed E-state index contributed by atoms with van der Waals surface area (Å²) in [5.74, 6) is -0.914. The number of methoxy groups -OCH3 is 2. The van der Waals surface area contributed by atoms with Gasteiger partial charge in [0.15, 0.2) is 11.5 Å². The van der Waals surface area contributed by atoms with Crippen molar-refractivity contribution in [2.24, 2.45) is 0 Å². The maximum atomic E-state index is 15.4. The number of fused-ring (bicyclic) bond motifs is 6. The van der Waals surface area contributed by atoms with Crippen LogP contribution in [0.1, 0.15) is 19.2 Å². The molecule has 3 aliphatic heterocycles. The number of rotatable bonds is 9. The second kappa shape index (κ2) is 15.8. The van der Waals surface area contributed by atoms with Gasteiger partial charge >= 0.3 is 0 Å². The molecule has 0 radical (unpaired) electrons. The molecule has 17 nitrogen and oxygen atoms in total. The average molecular weight is 876 g/mol. The molecule has 0 spiro atoms. The topological polar surface area (TPSA) is 175 Å². The number of amides is 1. The normalized spacial score (nSPS) is 20.4. The predicted octanol–water partition coefficient (Wildman–Crippen LogP) is 4.07. The molecule has 0 saturated carbocycles. The van der Waals surface area contributed by atoms with Crippen LogP contribution in [0, 0.1) is 24.4 Å². The molecule has 2 saturated heterocycles. The van der Waals surface area contributed by atoms with Crippen LogP contribution in [-0.2, 0) is 35.1 Å². The van der Waals surface area contributed by atoms with E-state index in [0.717, 1.165) is 12.1 Å². The van der Waals surface area contributed by atoms with Gasteiger partial charge in [0.25, 0.3) is 10.1 Å². The highest BCUT2D eigenvalue weighted by atomic mass is 32.2. The first-order valence-electron chi connectivity index (χ1n) is 20.0. The number of nitrogens with zero attached hydrogens (tertiary/aromatic N) is 10. The van der Waals surface area contributed by atoms with Crippen LogP contribution in [0.4, 0.5) is 30.8 Å². The molecular formula is C41H44F3N11O6S. The third-order valence-corrected chi connectivity index (χ3v) is 13.1. The van der Waals surface area contributed by atoms with Gasteiger partial charge in [-0.05, 0) is 50.6 Å². The molecule has 4 bridgehead atoms. The van der Waals surface area contributed by atoms with E-state index in [1.165, 1.54) is 43.1 Å². The van der Waals surface area contributed by atoms with E-state index in [1.807, 2.05) is 28.5 Å². The van der Waals surface area contributed by atoms with Crippen LogP contribution < -0.4 is 15.1 Å². The summed E-state index contributed by atoms with van der Waals surface area (Å²) in [6.07, 6.45) is 1.28. The maximum Gasteiger partial charge on any atom is 0.267 e. The van der Waals surface area contributed by atoms with Crippen LogP contribution in [0.3, 0.4) is 0 Å². The van der Waals surface area contributed by atoms with Gasteiger partial charge in [-0.1, -0.05) is 6.07 Å². The molecule has 6 aromatic rings.